The molecule has 0 spiro atoms. The third-order valence-corrected chi connectivity index (χ3v) is 1.42. The molecule has 0 aromatic rings. The number of ether oxygens (including phenoxy) is 1. The Morgan fingerprint density at radius 3 is 1.64 bits per heavy atom. The molecule has 11 heavy (non-hydrogen) atoms. The minimum absolute atomic E-state index is 0.0882. The average molecular weight is 199 g/mol. The zero-order chi connectivity index (χ0) is 8.69. The lowest BCUT2D eigenvalue weighted by Crippen LogP contribution is -2.16. The quantitative estimate of drug-likeness (QED) is 0.589. The number of Topliss-reactive ketones (excluding diaryl/α,β-unsaturated/α-hetero) is 2. The Balaban J connectivity index is 3.27. The fourth-order valence-corrected chi connectivity index (χ4v) is 0.510. The van der Waals surface area contributed by atoms with E-state index in [1.54, 1.807) is 0 Å². The maximum Gasteiger partial charge on any atom is 0.173 e. The van der Waals surface area contributed by atoms with E-state index in [0.29, 0.717) is 0 Å². The standard InChI is InChI=1S/C6H8Cl2O3/c7-1-5(9)3-11-4-6(10)2-8/h1-4H2. The molecule has 0 aliphatic rings. The van der Waals surface area contributed by atoms with Crippen molar-refractivity contribution in [3.63, 3.8) is 0 Å². The molecular formula is C6H8Cl2O3. The predicted molar refractivity (Wildman–Crippen MR) is 42.3 cm³/mol. The zero-order valence-corrected chi connectivity index (χ0v) is 7.32. The van der Waals surface area contributed by atoms with Crippen molar-refractivity contribution in [1.29, 1.82) is 0 Å². The highest BCUT2D eigenvalue weighted by atomic mass is 35.5. The lowest BCUT2D eigenvalue weighted by atomic mass is 10.4. The van der Waals surface area contributed by atoms with Crippen molar-refractivity contribution < 1.29 is 14.3 Å². The number of hydrogen-bond donors (Lipinski definition) is 0. The van der Waals surface area contributed by atoms with Crippen LogP contribution in [0.5, 0.6) is 0 Å². The summed E-state index contributed by atoms with van der Waals surface area (Å²) in [5.74, 6) is -0.660. The summed E-state index contributed by atoms with van der Waals surface area (Å²) < 4.78 is 4.67. The summed E-state index contributed by atoms with van der Waals surface area (Å²) in [5.41, 5.74) is 0. The summed E-state index contributed by atoms with van der Waals surface area (Å²) in [6.45, 7) is -0.238. The average Bonchev–Trinajstić information content (AvgIpc) is 2.04. The van der Waals surface area contributed by atoms with Crippen molar-refractivity contribution in [3.05, 3.63) is 0 Å². The fraction of sp³-hybridized carbons (Fsp3) is 0.667. The molecule has 0 radical (unpaired) electrons. The molecule has 0 saturated heterocycles. The zero-order valence-electron chi connectivity index (χ0n) is 5.81. The second-order valence-electron chi connectivity index (χ2n) is 1.84. The van der Waals surface area contributed by atoms with Crippen LogP contribution < -0.4 is 0 Å². The van der Waals surface area contributed by atoms with E-state index < -0.39 is 0 Å². The molecule has 0 fully saturated rings. The van der Waals surface area contributed by atoms with Crippen LogP contribution in [0.3, 0.4) is 0 Å². The third kappa shape index (κ3) is 6.28. The Bertz CT molecular complexity index is 131. The van der Waals surface area contributed by atoms with E-state index in [-0.39, 0.29) is 36.5 Å². The molecule has 0 N–H and O–H groups in total. The Morgan fingerprint density at radius 2 is 1.36 bits per heavy atom. The van der Waals surface area contributed by atoms with E-state index in [0.717, 1.165) is 0 Å². The monoisotopic (exact) mass is 198 g/mol. The van der Waals surface area contributed by atoms with Gasteiger partial charge in [-0.25, -0.2) is 0 Å². The smallest absolute Gasteiger partial charge is 0.173 e. The van der Waals surface area contributed by atoms with Gasteiger partial charge in [0.05, 0.1) is 11.8 Å². The molecule has 0 unspecified atom stereocenters. The number of rotatable bonds is 6. The molecule has 0 aromatic heterocycles. The van der Waals surface area contributed by atoms with Gasteiger partial charge in [-0.1, -0.05) is 0 Å². The summed E-state index contributed by atoms with van der Waals surface area (Å²) in [6.07, 6.45) is 0. The van der Waals surface area contributed by atoms with Crippen LogP contribution in [-0.4, -0.2) is 36.5 Å². The Morgan fingerprint density at radius 1 is 1.00 bits per heavy atom. The number of carbonyl (C=O) groups is 2. The van der Waals surface area contributed by atoms with Crippen molar-refractivity contribution in [2.24, 2.45) is 0 Å². The first kappa shape index (κ1) is 10.9. The largest absolute Gasteiger partial charge is 0.366 e. The van der Waals surface area contributed by atoms with Gasteiger partial charge in [0.15, 0.2) is 11.6 Å². The van der Waals surface area contributed by atoms with Crippen LogP contribution in [0, 0.1) is 0 Å². The molecule has 0 atom stereocenters. The van der Waals surface area contributed by atoms with Gasteiger partial charge in [-0.15, -0.1) is 23.2 Å². The van der Waals surface area contributed by atoms with Gasteiger partial charge < -0.3 is 4.74 Å². The van der Waals surface area contributed by atoms with Gasteiger partial charge in [0.1, 0.15) is 13.2 Å². The van der Waals surface area contributed by atoms with Gasteiger partial charge in [0.25, 0.3) is 0 Å². The Kier molecular flexibility index (Phi) is 6.51. The van der Waals surface area contributed by atoms with E-state index in [2.05, 4.69) is 4.74 Å². The van der Waals surface area contributed by atoms with Crippen LogP contribution in [0.15, 0.2) is 0 Å². The molecule has 0 saturated carbocycles. The molecule has 0 aliphatic heterocycles. The van der Waals surface area contributed by atoms with Crippen LogP contribution >= 0.6 is 23.2 Å². The second-order valence-corrected chi connectivity index (χ2v) is 2.37. The lowest BCUT2D eigenvalue weighted by Gasteiger charge is -1.97. The Hall–Kier alpha value is -0.120. The van der Waals surface area contributed by atoms with E-state index >= 15 is 0 Å². The van der Waals surface area contributed by atoms with Crippen molar-refractivity contribution in [2.75, 3.05) is 25.0 Å². The molecular weight excluding hydrogens is 191 g/mol. The van der Waals surface area contributed by atoms with Gasteiger partial charge in [0, 0.05) is 0 Å². The minimum Gasteiger partial charge on any atom is -0.366 e. The molecule has 5 heteroatoms. The van der Waals surface area contributed by atoms with E-state index in [1.165, 1.54) is 0 Å². The fourth-order valence-electron chi connectivity index (χ4n) is 0.356. The van der Waals surface area contributed by atoms with E-state index in [1.807, 2.05) is 0 Å². The molecule has 0 aromatic carbocycles. The van der Waals surface area contributed by atoms with Crippen molar-refractivity contribution >= 4 is 34.8 Å². The van der Waals surface area contributed by atoms with Crippen LogP contribution in [-0.2, 0) is 14.3 Å². The molecule has 0 heterocycles. The first-order valence-electron chi connectivity index (χ1n) is 2.93. The lowest BCUT2D eigenvalue weighted by molar-refractivity contribution is -0.126. The number of halogens is 2. The van der Waals surface area contributed by atoms with Gasteiger partial charge in [-0.3, -0.25) is 9.59 Å². The van der Waals surface area contributed by atoms with Gasteiger partial charge in [0.2, 0.25) is 0 Å². The third-order valence-electron chi connectivity index (χ3n) is 0.824. The first-order valence-corrected chi connectivity index (χ1v) is 4.00. The highest BCUT2D eigenvalue weighted by Crippen LogP contribution is 1.84. The second kappa shape index (κ2) is 6.58. The van der Waals surface area contributed by atoms with Crippen LogP contribution in [0.25, 0.3) is 0 Å². The Labute approximate surface area is 74.6 Å². The van der Waals surface area contributed by atoms with Crippen LogP contribution in [0.2, 0.25) is 0 Å². The van der Waals surface area contributed by atoms with Gasteiger partial charge in [-0.05, 0) is 0 Å². The maximum absolute atomic E-state index is 10.5. The molecule has 0 bridgehead atoms. The molecule has 0 aliphatic carbocycles. The number of alkyl halides is 2. The number of ketones is 2. The van der Waals surface area contributed by atoms with Crippen LogP contribution in [0.4, 0.5) is 0 Å². The topological polar surface area (TPSA) is 43.4 Å². The highest BCUT2D eigenvalue weighted by Gasteiger charge is 2.02. The summed E-state index contributed by atoms with van der Waals surface area (Å²) >= 11 is 10.3. The summed E-state index contributed by atoms with van der Waals surface area (Å²) in [5, 5.41) is 0. The molecule has 64 valence electrons. The first-order chi connectivity index (χ1) is 5.20. The SMILES string of the molecule is O=C(CCl)COCC(=O)CCl. The maximum atomic E-state index is 10.5. The van der Waals surface area contributed by atoms with Crippen LogP contribution in [0.1, 0.15) is 0 Å². The van der Waals surface area contributed by atoms with Crippen molar-refractivity contribution in [3.8, 4) is 0 Å². The molecule has 0 amide bonds. The number of carbonyl (C=O) groups excluding carboxylic acids is 2. The molecule has 0 rings (SSSR count). The highest BCUT2D eigenvalue weighted by molar-refractivity contribution is 6.28. The normalized spacial score (nSPS) is 9.64. The van der Waals surface area contributed by atoms with Gasteiger partial charge >= 0.3 is 0 Å². The van der Waals surface area contributed by atoms with Gasteiger partial charge in [-0.2, -0.15) is 0 Å². The molecule has 3 nitrogen and oxygen atoms in total. The van der Waals surface area contributed by atoms with Crippen molar-refractivity contribution in [2.45, 2.75) is 0 Å². The van der Waals surface area contributed by atoms with Crippen molar-refractivity contribution in [1.82, 2.24) is 0 Å². The summed E-state index contributed by atoms with van der Waals surface area (Å²) in [6, 6.07) is 0. The minimum atomic E-state index is -0.242. The van der Waals surface area contributed by atoms with E-state index in [9.17, 15) is 9.59 Å². The predicted octanol–water partition coefficient (Wildman–Crippen LogP) is 0.619. The summed E-state index contributed by atoms with van der Waals surface area (Å²) in [4.78, 5) is 21.0. The number of hydrogen-bond acceptors (Lipinski definition) is 3. The van der Waals surface area contributed by atoms with E-state index in [4.69, 9.17) is 23.2 Å². The summed E-state index contributed by atoms with van der Waals surface area (Å²) in [7, 11) is 0.